The molecule has 3 aromatic carbocycles. The molecule has 6 rings (SSSR count). The second-order valence-electron chi connectivity index (χ2n) is 10.4. The van der Waals surface area contributed by atoms with Crippen LogP contribution in [-0.2, 0) is 6.54 Å². The van der Waals surface area contributed by atoms with Crippen molar-refractivity contribution in [2.24, 2.45) is 5.92 Å². The lowest BCUT2D eigenvalue weighted by Crippen LogP contribution is -2.39. The zero-order valence-corrected chi connectivity index (χ0v) is 23.7. The third-order valence-corrected chi connectivity index (χ3v) is 7.79. The number of fused-ring (bicyclic) bond motifs is 1. The van der Waals surface area contributed by atoms with Crippen LogP contribution in [0.4, 0.5) is 4.39 Å². The van der Waals surface area contributed by atoms with E-state index in [4.69, 9.17) is 4.52 Å². The lowest BCUT2D eigenvalue weighted by Gasteiger charge is -2.31. The molecule has 5 aromatic rings. The molecule has 0 atom stereocenters. The molecule has 0 aliphatic carbocycles. The number of likely N-dealkylation sites (tertiary alicyclic amines) is 1. The van der Waals surface area contributed by atoms with Gasteiger partial charge in [0.05, 0.1) is 16.7 Å². The summed E-state index contributed by atoms with van der Waals surface area (Å²) >= 11 is 0. The summed E-state index contributed by atoms with van der Waals surface area (Å²) in [6.07, 6.45) is 1.50. The van der Waals surface area contributed by atoms with Crippen molar-refractivity contribution in [1.82, 2.24) is 24.2 Å². The molecule has 41 heavy (non-hydrogen) atoms. The van der Waals surface area contributed by atoms with Crippen molar-refractivity contribution in [2.45, 2.75) is 33.2 Å². The summed E-state index contributed by atoms with van der Waals surface area (Å²) in [6, 6.07) is 19.4. The SMILES string of the molecule is Cc1nc(-c2ccc(-n3c(=O)n(CCN4CCC(C(=O)c5ccc(F)cc5)CC4)c4cccc(C)c43)cc2)no1.Cl. The number of piperidine rings is 1. The molecule has 8 nitrogen and oxygen atoms in total. The number of benzene rings is 3. The quantitative estimate of drug-likeness (QED) is 0.234. The van der Waals surface area contributed by atoms with Gasteiger partial charge in [-0.2, -0.15) is 4.98 Å². The summed E-state index contributed by atoms with van der Waals surface area (Å²) in [5.41, 5.74) is 4.86. The number of para-hydroxylation sites is 1. The second-order valence-corrected chi connectivity index (χ2v) is 10.4. The van der Waals surface area contributed by atoms with Gasteiger partial charge >= 0.3 is 5.69 Å². The van der Waals surface area contributed by atoms with Crippen LogP contribution >= 0.6 is 12.4 Å². The predicted molar refractivity (Wildman–Crippen MR) is 157 cm³/mol. The standard InChI is InChI=1S/C31H30FN5O3.ClH/c1-20-4-3-5-27-28(20)37(26-12-8-24(9-13-26)30-33-21(2)40-34-30)31(39)36(27)19-18-35-16-14-23(15-17-35)29(38)22-6-10-25(32)11-7-22;/h3-13,23H,14-19H2,1-2H3;1H. The van der Waals surface area contributed by atoms with Gasteiger partial charge < -0.3 is 9.42 Å². The molecule has 1 aliphatic heterocycles. The Bertz CT molecular complexity index is 1730. The Labute approximate surface area is 242 Å². The van der Waals surface area contributed by atoms with Crippen LogP contribution in [0.3, 0.4) is 0 Å². The van der Waals surface area contributed by atoms with Crippen molar-refractivity contribution in [2.75, 3.05) is 19.6 Å². The molecule has 1 aliphatic rings. The van der Waals surface area contributed by atoms with Crippen LogP contribution < -0.4 is 5.69 Å². The second kappa shape index (κ2) is 11.8. The number of imidazole rings is 1. The average molecular weight is 576 g/mol. The number of carbonyl (C=O) groups is 1. The number of nitrogens with zero attached hydrogens (tertiary/aromatic N) is 5. The smallest absolute Gasteiger partial charge is 0.333 e. The van der Waals surface area contributed by atoms with E-state index in [1.54, 1.807) is 23.6 Å². The van der Waals surface area contributed by atoms with Crippen molar-refractivity contribution in [3.05, 3.63) is 100 Å². The lowest BCUT2D eigenvalue weighted by atomic mass is 9.89. The van der Waals surface area contributed by atoms with Gasteiger partial charge in [-0.25, -0.2) is 9.18 Å². The number of ketones is 1. The van der Waals surface area contributed by atoms with E-state index in [-0.39, 0.29) is 35.6 Å². The van der Waals surface area contributed by atoms with Crippen molar-refractivity contribution < 1.29 is 13.7 Å². The molecule has 3 heterocycles. The first-order valence-corrected chi connectivity index (χ1v) is 13.5. The molecule has 0 saturated carbocycles. The highest BCUT2D eigenvalue weighted by molar-refractivity contribution is 5.97. The van der Waals surface area contributed by atoms with Gasteiger partial charge in [0.25, 0.3) is 0 Å². The summed E-state index contributed by atoms with van der Waals surface area (Å²) in [4.78, 5) is 33.2. The summed E-state index contributed by atoms with van der Waals surface area (Å²) in [7, 11) is 0. The van der Waals surface area contributed by atoms with Gasteiger partial charge in [-0.05, 0) is 93.0 Å². The number of aryl methyl sites for hydroxylation is 2. The maximum absolute atomic E-state index is 13.8. The van der Waals surface area contributed by atoms with Crippen LogP contribution in [0.15, 0.2) is 76.0 Å². The monoisotopic (exact) mass is 575 g/mol. The minimum absolute atomic E-state index is 0. The normalized spacial score (nSPS) is 14.3. The predicted octanol–water partition coefficient (Wildman–Crippen LogP) is 5.61. The first-order chi connectivity index (χ1) is 19.4. The van der Waals surface area contributed by atoms with E-state index in [2.05, 4.69) is 15.0 Å². The van der Waals surface area contributed by atoms with Crippen molar-refractivity contribution in [1.29, 1.82) is 0 Å². The highest BCUT2D eigenvalue weighted by Crippen LogP contribution is 2.25. The van der Waals surface area contributed by atoms with Crippen LogP contribution in [-0.4, -0.2) is 49.6 Å². The van der Waals surface area contributed by atoms with Crippen LogP contribution in [0, 0.1) is 25.6 Å². The van der Waals surface area contributed by atoms with Crippen LogP contribution in [0.1, 0.15) is 34.7 Å². The molecule has 0 N–H and O–H groups in total. The Morgan fingerprint density at radius 3 is 2.34 bits per heavy atom. The van der Waals surface area contributed by atoms with Gasteiger partial charge in [0, 0.05) is 37.1 Å². The fourth-order valence-corrected chi connectivity index (χ4v) is 5.61. The molecule has 0 amide bonds. The van der Waals surface area contributed by atoms with Crippen LogP contribution in [0.25, 0.3) is 28.1 Å². The summed E-state index contributed by atoms with van der Waals surface area (Å²) in [6.45, 7) is 6.57. The van der Waals surface area contributed by atoms with E-state index in [1.165, 1.54) is 12.1 Å². The van der Waals surface area contributed by atoms with E-state index in [9.17, 15) is 14.0 Å². The zero-order valence-electron chi connectivity index (χ0n) is 22.9. The number of aromatic nitrogens is 4. The zero-order chi connectivity index (χ0) is 27.8. The van der Waals surface area contributed by atoms with Crippen molar-refractivity contribution >= 4 is 29.2 Å². The van der Waals surface area contributed by atoms with Gasteiger partial charge in [0.15, 0.2) is 5.78 Å². The van der Waals surface area contributed by atoms with E-state index in [0.29, 0.717) is 30.4 Å². The number of rotatable bonds is 7. The molecule has 0 unspecified atom stereocenters. The number of hydrogen-bond acceptors (Lipinski definition) is 6. The number of halogens is 2. The third-order valence-electron chi connectivity index (χ3n) is 7.79. The molecular weight excluding hydrogens is 545 g/mol. The molecule has 0 radical (unpaired) electrons. The number of Topliss-reactive ketones (excluding diaryl/α,β-unsaturated/α-hetero) is 1. The number of hydrogen-bond donors (Lipinski definition) is 0. The van der Waals surface area contributed by atoms with E-state index in [1.807, 2.05) is 54.0 Å². The minimum atomic E-state index is -0.339. The van der Waals surface area contributed by atoms with Gasteiger partial charge in [-0.3, -0.25) is 13.9 Å². The van der Waals surface area contributed by atoms with Gasteiger partial charge in [-0.15, -0.1) is 12.4 Å². The molecule has 10 heteroatoms. The maximum Gasteiger partial charge on any atom is 0.333 e. The van der Waals surface area contributed by atoms with Gasteiger partial charge in [0.2, 0.25) is 11.7 Å². The molecule has 1 fully saturated rings. The Kier molecular flexibility index (Phi) is 8.19. The summed E-state index contributed by atoms with van der Waals surface area (Å²) in [5.74, 6) is 0.688. The van der Waals surface area contributed by atoms with Crippen LogP contribution in [0.2, 0.25) is 0 Å². The Balaban J connectivity index is 0.00000337. The summed E-state index contributed by atoms with van der Waals surface area (Å²) in [5, 5.41) is 3.98. The summed E-state index contributed by atoms with van der Waals surface area (Å²) < 4.78 is 21.9. The molecule has 2 aromatic heterocycles. The largest absolute Gasteiger partial charge is 0.339 e. The topological polar surface area (TPSA) is 86.2 Å². The Morgan fingerprint density at radius 1 is 0.976 bits per heavy atom. The fourth-order valence-electron chi connectivity index (χ4n) is 5.61. The Morgan fingerprint density at radius 2 is 1.68 bits per heavy atom. The van der Waals surface area contributed by atoms with Crippen molar-refractivity contribution in [3.63, 3.8) is 0 Å². The molecule has 1 saturated heterocycles. The molecular formula is C31H31ClFN5O3. The van der Waals surface area contributed by atoms with Crippen molar-refractivity contribution in [3.8, 4) is 17.1 Å². The minimum Gasteiger partial charge on any atom is -0.339 e. The highest BCUT2D eigenvalue weighted by atomic mass is 35.5. The van der Waals surface area contributed by atoms with E-state index < -0.39 is 0 Å². The third kappa shape index (κ3) is 5.60. The van der Waals surface area contributed by atoms with Gasteiger partial charge in [-0.1, -0.05) is 17.3 Å². The molecule has 0 bridgehead atoms. The first kappa shape index (κ1) is 28.4. The van der Waals surface area contributed by atoms with E-state index in [0.717, 1.165) is 53.8 Å². The first-order valence-electron chi connectivity index (χ1n) is 13.5. The van der Waals surface area contributed by atoms with Crippen LogP contribution in [0.5, 0.6) is 0 Å². The maximum atomic E-state index is 13.8. The fraction of sp³-hybridized carbons (Fsp3) is 0.290. The average Bonchev–Trinajstić information content (AvgIpc) is 3.53. The Hall–Kier alpha value is -4.08. The van der Waals surface area contributed by atoms with E-state index >= 15 is 0 Å². The van der Waals surface area contributed by atoms with Gasteiger partial charge in [0.1, 0.15) is 5.82 Å². The molecule has 212 valence electrons. The number of carbonyl (C=O) groups excluding carboxylic acids is 1. The lowest BCUT2D eigenvalue weighted by molar-refractivity contribution is 0.0837. The highest BCUT2D eigenvalue weighted by Gasteiger charge is 2.26. The molecule has 0 spiro atoms.